The second kappa shape index (κ2) is 11.3. The number of ether oxygens (including phenoxy) is 1. The van der Waals surface area contributed by atoms with Crippen LogP contribution in [0.1, 0.15) is 27.2 Å². The van der Waals surface area contributed by atoms with E-state index in [2.05, 4.69) is 26.3 Å². The van der Waals surface area contributed by atoms with Gasteiger partial charge in [0.1, 0.15) is 0 Å². The molecule has 0 saturated heterocycles. The summed E-state index contributed by atoms with van der Waals surface area (Å²) in [5, 5.41) is 7.89. The number of rotatable bonds is 8. The molecule has 21 heavy (non-hydrogen) atoms. The van der Waals surface area contributed by atoms with Crippen LogP contribution < -0.4 is 0 Å². The van der Waals surface area contributed by atoms with Gasteiger partial charge in [0.2, 0.25) is 0 Å². The molecule has 0 atom stereocenters. The average molecular weight is 316 g/mol. The van der Waals surface area contributed by atoms with Gasteiger partial charge in [-0.05, 0) is 46.3 Å². The van der Waals surface area contributed by atoms with Crippen molar-refractivity contribution in [2.45, 2.75) is 46.3 Å². The molecular formula is C15H28O5Si. The first-order chi connectivity index (χ1) is 9.53. The van der Waals surface area contributed by atoms with E-state index in [4.69, 9.17) is 14.3 Å². The smallest absolute Gasteiger partial charge is 0.333 e. The highest BCUT2D eigenvalue weighted by Crippen LogP contribution is 2.13. The van der Waals surface area contributed by atoms with Gasteiger partial charge in [-0.15, -0.1) is 0 Å². The second-order valence-corrected chi connectivity index (χ2v) is 9.61. The van der Waals surface area contributed by atoms with Crippen molar-refractivity contribution in [3.05, 3.63) is 24.3 Å². The maximum atomic E-state index is 11.1. The van der Waals surface area contributed by atoms with E-state index >= 15 is 0 Å². The largest absolute Gasteiger partial charge is 0.478 e. The number of carboxylic acids is 1. The summed E-state index contributed by atoms with van der Waals surface area (Å²) in [6.07, 6.45) is 0.873. The highest BCUT2D eigenvalue weighted by molar-refractivity contribution is 6.71. The van der Waals surface area contributed by atoms with Crippen LogP contribution in [0.25, 0.3) is 0 Å². The molecule has 0 aliphatic rings. The van der Waals surface area contributed by atoms with Crippen LogP contribution in [-0.4, -0.2) is 38.6 Å². The highest BCUT2D eigenvalue weighted by Gasteiger charge is 2.20. The van der Waals surface area contributed by atoms with Gasteiger partial charge in [0.25, 0.3) is 0 Å². The molecule has 0 bridgehead atoms. The van der Waals surface area contributed by atoms with Crippen LogP contribution in [0.5, 0.6) is 0 Å². The van der Waals surface area contributed by atoms with Crippen LogP contribution in [0.4, 0.5) is 0 Å². The van der Waals surface area contributed by atoms with E-state index in [9.17, 15) is 9.59 Å². The zero-order chi connectivity index (χ0) is 17.1. The van der Waals surface area contributed by atoms with E-state index in [1.54, 1.807) is 6.92 Å². The first-order valence-corrected chi connectivity index (χ1v) is 10.0. The zero-order valence-corrected chi connectivity index (χ0v) is 14.8. The summed E-state index contributed by atoms with van der Waals surface area (Å²) >= 11 is 0. The highest BCUT2D eigenvalue weighted by atomic mass is 28.4. The van der Waals surface area contributed by atoms with Crippen molar-refractivity contribution in [1.29, 1.82) is 0 Å². The Morgan fingerprint density at radius 3 is 1.95 bits per heavy atom. The van der Waals surface area contributed by atoms with Gasteiger partial charge in [-0.25, -0.2) is 9.59 Å². The van der Waals surface area contributed by atoms with Crippen molar-refractivity contribution >= 4 is 20.3 Å². The number of esters is 1. The third kappa shape index (κ3) is 14.8. The number of aliphatic carboxylic acids is 1. The fourth-order valence-corrected chi connectivity index (χ4v) is 3.17. The lowest BCUT2D eigenvalue weighted by atomic mass is 10.4. The first kappa shape index (κ1) is 21.9. The Balaban J connectivity index is 0. The van der Waals surface area contributed by atoms with E-state index in [-0.39, 0.29) is 11.5 Å². The van der Waals surface area contributed by atoms with Gasteiger partial charge in [0.05, 0.1) is 6.61 Å². The lowest BCUT2D eigenvalue weighted by Crippen LogP contribution is -2.30. The molecule has 122 valence electrons. The van der Waals surface area contributed by atoms with Gasteiger partial charge in [-0.1, -0.05) is 13.2 Å². The van der Waals surface area contributed by atoms with Crippen LogP contribution in [0.15, 0.2) is 24.3 Å². The molecule has 0 fully saturated rings. The predicted molar refractivity (Wildman–Crippen MR) is 86.8 cm³/mol. The average Bonchev–Trinajstić information content (AvgIpc) is 2.34. The molecule has 1 N–H and O–H groups in total. The Kier molecular flexibility index (Phi) is 11.8. The van der Waals surface area contributed by atoms with E-state index in [1.165, 1.54) is 6.92 Å². The van der Waals surface area contributed by atoms with Crippen molar-refractivity contribution < 1.29 is 23.9 Å². The quantitative estimate of drug-likeness (QED) is 0.322. The molecule has 0 aliphatic carbocycles. The van der Waals surface area contributed by atoms with Gasteiger partial charge in [0.15, 0.2) is 8.32 Å². The molecule has 0 heterocycles. The number of carbonyl (C=O) groups is 2. The fraction of sp³-hybridized carbons (Fsp3) is 0.600. The van der Waals surface area contributed by atoms with Gasteiger partial charge in [-0.3, -0.25) is 0 Å². The monoisotopic (exact) mass is 316 g/mol. The number of hydrogen-bond donors (Lipinski definition) is 1. The van der Waals surface area contributed by atoms with Crippen molar-refractivity contribution in [3.63, 3.8) is 0 Å². The molecule has 0 spiro atoms. The summed E-state index contributed by atoms with van der Waals surface area (Å²) < 4.78 is 10.7. The van der Waals surface area contributed by atoms with Gasteiger partial charge in [0, 0.05) is 17.8 Å². The minimum Gasteiger partial charge on any atom is -0.478 e. The SMILES string of the molecule is C=C(C)C(=O)O.C=C(C)C(=O)OCCC[Si](C)(C)OCC. The molecule has 0 aromatic heterocycles. The lowest BCUT2D eigenvalue weighted by molar-refractivity contribution is -0.139. The molecule has 0 saturated carbocycles. The maximum absolute atomic E-state index is 11.1. The van der Waals surface area contributed by atoms with E-state index in [0.29, 0.717) is 12.2 Å². The summed E-state index contributed by atoms with van der Waals surface area (Å²) in [5.74, 6) is -1.24. The minimum atomic E-state index is -1.52. The molecule has 0 aromatic carbocycles. The van der Waals surface area contributed by atoms with E-state index in [0.717, 1.165) is 19.1 Å². The van der Waals surface area contributed by atoms with E-state index < -0.39 is 14.3 Å². The van der Waals surface area contributed by atoms with Crippen molar-refractivity contribution in [2.24, 2.45) is 0 Å². The van der Waals surface area contributed by atoms with Gasteiger partial charge < -0.3 is 14.3 Å². The molecule has 0 rings (SSSR count). The molecule has 5 nitrogen and oxygen atoms in total. The summed E-state index contributed by atoms with van der Waals surface area (Å²) in [6, 6.07) is 1.02. The summed E-state index contributed by atoms with van der Waals surface area (Å²) in [4.78, 5) is 20.7. The fourth-order valence-electron chi connectivity index (χ4n) is 1.25. The van der Waals surface area contributed by atoms with Gasteiger partial charge >= 0.3 is 11.9 Å². The van der Waals surface area contributed by atoms with Crippen LogP contribution >= 0.6 is 0 Å². The Morgan fingerprint density at radius 1 is 1.14 bits per heavy atom. The van der Waals surface area contributed by atoms with Crippen molar-refractivity contribution in [3.8, 4) is 0 Å². The maximum Gasteiger partial charge on any atom is 0.333 e. The zero-order valence-electron chi connectivity index (χ0n) is 13.8. The number of carboxylic acid groups (broad SMARTS) is 1. The lowest BCUT2D eigenvalue weighted by Gasteiger charge is -2.21. The molecule has 0 amide bonds. The van der Waals surface area contributed by atoms with Crippen LogP contribution in [0, 0.1) is 0 Å². The standard InChI is InChI=1S/C11H22O3Si.C4H6O2/c1-6-14-15(4,5)9-7-8-13-11(12)10(2)3;1-3(2)4(5)6/h2,6-9H2,1,3-5H3;1H2,2H3,(H,5,6). The first-order valence-electron chi connectivity index (χ1n) is 6.89. The van der Waals surface area contributed by atoms with Crippen molar-refractivity contribution in [1.82, 2.24) is 0 Å². The van der Waals surface area contributed by atoms with Gasteiger partial charge in [-0.2, -0.15) is 0 Å². The Bertz CT molecular complexity index is 362. The molecule has 6 heteroatoms. The molecule has 0 aliphatic heterocycles. The van der Waals surface area contributed by atoms with Crippen LogP contribution in [0.3, 0.4) is 0 Å². The van der Waals surface area contributed by atoms with Crippen molar-refractivity contribution in [2.75, 3.05) is 13.2 Å². The third-order valence-corrected chi connectivity index (χ3v) is 5.03. The molecule has 0 unspecified atom stereocenters. The Labute approximate surface area is 128 Å². The Hall–Kier alpha value is -1.40. The minimum absolute atomic E-state index is 0.176. The summed E-state index contributed by atoms with van der Waals surface area (Å²) in [6.45, 7) is 17.4. The summed E-state index contributed by atoms with van der Waals surface area (Å²) in [7, 11) is -1.52. The topological polar surface area (TPSA) is 72.8 Å². The molecular weight excluding hydrogens is 288 g/mol. The van der Waals surface area contributed by atoms with Crippen LogP contribution in [-0.2, 0) is 18.8 Å². The van der Waals surface area contributed by atoms with Crippen LogP contribution in [0.2, 0.25) is 19.1 Å². The third-order valence-electron chi connectivity index (χ3n) is 2.40. The second-order valence-electron chi connectivity index (χ2n) is 5.30. The number of hydrogen-bond acceptors (Lipinski definition) is 4. The normalized spacial score (nSPS) is 10.1. The predicted octanol–water partition coefficient (Wildman–Crippen LogP) is 3.38. The molecule has 0 aromatic rings. The Morgan fingerprint density at radius 2 is 1.62 bits per heavy atom. The summed E-state index contributed by atoms with van der Waals surface area (Å²) in [5.41, 5.74) is 0.631. The van der Waals surface area contributed by atoms with E-state index in [1.807, 2.05) is 6.92 Å². The number of carbonyl (C=O) groups excluding carboxylic acids is 1. The molecule has 0 radical (unpaired) electrons.